The number of nitrogens with zero attached hydrogens (tertiary/aromatic N) is 4. The van der Waals surface area contributed by atoms with E-state index >= 15 is 0 Å². The van der Waals surface area contributed by atoms with Gasteiger partial charge in [-0.15, -0.1) is 5.10 Å². The number of nitrogens with one attached hydrogen (secondary N) is 1. The molecule has 1 saturated heterocycles. The summed E-state index contributed by atoms with van der Waals surface area (Å²) in [5.74, 6) is 0.458. The van der Waals surface area contributed by atoms with Gasteiger partial charge in [-0.1, -0.05) is 6.07 Å². The summed E-state index contributed by atoms with van der Waals surface area (Å²) in [5, 5.41) is 14.2. The first kappa shape index (κ1) is 12.1. The predicted molar refractivity (Wildman–Crippen MR) is 69.8 cm³/mol. The van der Waals surface area contributed by atoms with Crippen LogP contribution in [0.3, 0.4) is 0 Å². The smallest absolute Gasteiger partial charge is 0.152 e. The highest BCUT2D eigenvalue weighted by molar-refractivity contribution is 7.91. The molecule has 1 aliphatic rings. The Morgan fingerprint density at radius 3 is 2.95 bits per heavy atom. The molecule has 1 unspecified atom stereocenters. The van der Waals surface area contributed by atoms with E-state index in [1.165, 1.54) is 6.33 Å². The van der Waals surface area contributed by atoms with E-state index in [1.54, 1.807) is 4.68 Å². The lowest BCUT2D eigenvalue weighted by Crippen LogP contribution is -2.20. The van der Waals surface area contributed by atoms with Crippen LogP contribution in [-0.2, 0) is 9.84 Å². The Labute approximate surface area is 110 Å². The molecule has 1 N–H and O–H groups in total. The number of rotatable bonds is 3. The van der Waals surface area contributed by atoms with E-state index in [0.29, 0.717) is 6.42 Å². The molecular weight excluding hydrogens is 266 g/mol. The SMILES string of the molecule is O=S1(=O)CCC(Nc2cccc(-n3cnnn3)c2)C1. The summed E-state index contributed by atoms with van der Waals surface area (Å²) in [4.78, 5) is 0. The van der Waals surface area contributed by atoms with Crippen molar-refractivity contribution in [3.63, 3.8) is 0 Å². The summed E-state index contributed by atoms with van der Waals surface area (Å²) in [6, 6.07) is 7.53. The predicted octanol–water partition coefficient (Wildman–Crippen LogP) is 0.261. The van der Waals surface area contributed by atoms with E-state index in [4.69, 9.17) is 0 Å². The van der Waals surface area contributed by atoms with Crippen LogP contribution in [0.1, 0.15) is 6.42 Å². The Balaban J connectivity index is 1.77. The number of anilines is 1. The van der Waals surface area contributed by atoms with Gasteiger partial charge in [0.1, 0.15) is 6.33 Å². The third-order valence-electron chi connectivity index (χ3n) is 3.06. The van der Waals surface area contributed by atoms with Crippen molar-refractivity contribution in [1.29, 1.82) is 0 Å². The third-order valence-corrected chi connectivity index (χ3v) is 4.83. The maximum atomic E-state index is 11.4. The zero-order valence-corrected chi connectivity index (χ0v) is 10.9. The van der Waals surface area contributed by atoms with E-state index in [9.17, 15) is 8.42 Å². The fourth-order valence-electron chi connectivity index (χ4n) is 2.16. The Morgan fingerprint density at radius 1 is 1.37 bits per heavy atom. The minimum atomic E-state index is -2.87. The normalized spacial score (nSPS) is 21.4. The van der Waals surface area contributed by atoms with Gasteiger partial charge in [-0.3, -0.25) is 0 Å². The highest BCUT2D eigenvalue weighted by Crippen LogP contribution is 2.19. The molecule has 1 fully saturated rings. The Hall–Kier alpha value is -1.96. The van der Waals surface area contributed by atoms with Crippen LogP contribution in [-0.4, -0.2) is 46.2 Å². The molecule has 100 valence electrons. The lowest BCUT2D eigenvalue weighted by atomic mass is 10.2. The highest BCUT2D eigenvalue weighted by Gasteiger charge is 2.27. The molecule has 1 aliphatic heterocycles. The largest absolute Gasteiger partial charge is 0.381 e. The molecule has 8 heteroatoms. The van der Waals surface area contributed by atoms with Crippen LogP contribution in [0.15, 0.2) is 30.6 Å². The molecule has 1 aromatic heterocycles. The van der Waals surface area contributed by atoms with Crippen molar-refractivity contribution < 1.29 is 8.42 Å². The van der Waals surface area contributed by atoms with Crippen molar-refractivity contribution >= 4 is 15.5 Å². The van der Waals surface area contributed by atoms with E-state index in [1.807, 2.05) is 24.3 Å². The molecule has 0 aliphatic carbocycles. The zero-order valence-electron chi connectivity index (χ0n) is 10.1. The Morgan fingerprint density at radius 2 is 2.26 bits per heavy atom. The van der Waals surface area contributed by atoms with Crippen LogP contribution in [0.4, 0.5) is 5.69 Å². The summed E-state index contributed by atoms with van der Waals surface area (Å²) in [7, 11) is -2.87. The van der Waals surface area contributed by atoms with Gasteiger partial charge in [-0.25, -0.2) is 13.1 Å². The second-order valence-corrected chi connectivity index (χ2v) is 6.78. The average Bonchev–Trinajstić information content (AvgIpc) is 2.99. The molecule has 1 aromatic carbocycles. The van der Waals surface area contributed by atoms with Crippen LogP contribution in [0.2, 0.25) is 0 Å². The summed E-state index contributed by atoms with van der Waals surface area (Å²) < 4.78 is 24.4. The monoisotopic (exact) mass is 279 g/mol. The molecule has 2 heterocycles. The van der Waals surface area contributed by atoms with Gasteiger partial charge in [0.2, 0.25) is 0 Å². The fraction of sp³-hybridized carbons (Fsp3) is 0.364. The zero-order chi connectivity index (χ0) is 13.3. The molecule has 0 bridgehead atoms. The molecule has 0 amide bonds. The fourth-order valence-corrected chi connectivity index (χ4v) is 3.84. The highest BCUT2D eigenvalue weighted by atomic mass is 32.2. The number of hydrogen-bond donors (Lipinski definition) is 1. The van der Waals surface area contributed by atoms with Gasteiger partial charge in [0, 0.05) is 11.7 Å². The van der Waals surface area contributed by atoms with Crippen molar-refractivity contribution in [2.24, 2.45) is 0 Å². The Bertz CT molecular complexity index is 668. The quantitative estimate of drug-likeness (QED) is 0.867. The van der Waals surface area contributed by atoms with Crippen LogP contribution >= 0.6 is 0 Å². The Kier molecular flexibility index (Phi) is 2.94. The first-order chi connectivity index (χ1) is 9.12. The molecule has 3 rings (SSSR count). The molecule has 7 nitrogen and oxygen atoms in total. The molecule has 0 saturated carbocycles. The molecule has 19 heavy (non-hydrogen) atoms. The lowest BCUT2D eigenvalue weighted by Gasteiger charge is -2.13. The van der Waals surface area contributed by atoms with Gasteiger partial charge < -0.3 is 5.32 Å². The van der Waals surface area contributed by atoms with Gasteiger partial charge in [-0.2, -0.15) is 0 Å². The second-order valence-electron chi connectivity index (χ2n) is 4.55. The van der Waals surface area contributed by atoms with Gasteiger partial charge in [0.15, 0.2) is 9.84 Å². The average molecular weight is 279 g/mol. The molecular formula is C11H13N5O2S. The van der Waals surface area contributed by atoms with Crippen LogP contribution < -0.4 is 5.32 Å². The minimum Gasteiger partial charge on any atom is -0.381 e. The summed E-state index contributed by atoms with van der Waals surface area (Å²) in [6.07, 6.45) is 2.16. The first-order valence-electron chi connectivity index (χ1n) is 5.93. The van der Waals surface area contributed by atoms with Crippen LogP contribution in [0.25, 0.3) is 5.69 Å². The van der Waals surface area contributed by atoms with Gasteiger partial charge >= 0.3 is 0 Å². The van der Waals surface area contributed by atoms with Crippen LogP contribution in [0.5, 0.6) is 0 Å². The van der Waals surface area contributed by atoms with E-state index in [2.05, 4.69) is 20.8 Å². The number of sulfone groups is 1. The minimum absolute atomic E-state index is 0.0193. The first-order valence-corrected chi connectivity index (χ1v) is 7.75. The van der Waals surface area contributed by atoms with Crippen molar-refractivity contribution in [3.8, 4) is 5.69 Å². The molecule has 0 spiro atoms. The summed E-state index contributed by atoms with van der Waals surface area (Å²) in [6.45, 7) is 0. The van der Waals surface area contributed by atoms with E-state index < -0.39 is 9.84 Å². The molecule has 1 atom stereocenters. The van der Waals surface area contributed by atoms with Gasteiger partial charge in [0.05, 0.1) is 17.2 Å². The summed E-state index contributed by atoms with van der Waals surface area (Å²) in [5.41, 5.74) is 1.70. The maximum Gasteiger partial charge on any atom is 0.152 e. The van der Waals surface area contributed by atoms with Crippen molar-refractivity contribution in [2.75, 3.05) is 16.8 Å². The number of tetrazole rings is 1. The van der Waals surface area contributed by atoms with Crippen LogP contribution in [0, 0.1) is 0 Å². The van der Waals surface area contributed by atoms with Crippen molar-refractivity contribution in [3.05, 3.63) is 30.6 Å². The molecule has 0 radical (unpaired) electrons. The number of benzene rings is 1. The summed E-state index contributed by atoms with van der Waals surface area (Å²) >= 11 is 0. The number of aromatic nitrogens is 4. The lowest BCUT2D eigenvalue weighted by molar-refractivity contribution is 0.602. The van der Waals surface area contributed by atoms with E-state index in [-0.39, 0.29) is 17.5 Å². The third kappa shape index (κ3) is 2.73. The topological polar surface area (TPSA) is 89.8 Å². The second kappa shape index (κ2) is 4.61. The van der Waals surface area contributed by atoms with Gasteiger partial charge in [-0.05, 0) is 35.0 Å². The van der Waals surface area contributed by atoms with E-state index in [0.717, 1.165) is 11.4 Å². The standard InChI is InChI=1S/C11H13N5O2S/c17-19(18)5-4-10(7-19)13-9-2-1-3-11(6-9)16-8-12-14-15-16/h1-3,6,8,10,13H,4-5,7H2. The van der Waals surface area contributed by atoms with Crippen molar-refractivity contribution in [2.45, 2.75) is 12.5 Å². The number of hydrogen-bond acceptors (Lipinski definition) is 6. The van der Waals surface area contributed by atoms with Crippen molar-refractivity contribution in [1.82, 2.24) is 20.2 Å². The maximum absolute atomic E-state index is 11.4. The van der Waals surface area contributed by atoms with Gasteiger partial charge in [0.25, 0.3) is 0 Å². The molecule has 2 aromatic rings.